The van der Waals surface area contributed by atoms with E-state index in [4.69, 9.17) is 0 Å². The summed E-state index contributed by atoms with van der Waals surface area (Å²) in [5.74, 6) is 0.884. The van der Waals surface area contributed by atoms with E-state index in [0.717, 1.165) is 30.6 Å². The Morgan fingerprint density at radius 2 is 1.76 bits per heavy atom. The molecule has 122 valence electrons. The summed E-state index contributed by atoms with van der Waals surface area (Å²) in [6, 6.07) is 2.48. The van der Waals surface area contributed by atoms with E-state index in [1.807, 2.05) is 0 Å². The van der Waals surface area contributed by atoms with Gasteiger partial charge in [0, 0.05) is 31.2 Å². The molecule has 3 nitrogen and oxygen atoms in total. The van der Waals surface area contributed by atoms with Crippen LogP contribution in [-0.2, 0) is 0 Å². The Kier molecular flexibility index (Phi) is 5.58. The van der Waals surface area contributed by atoms with Gasteiger partial charge in [0.25, 0.3) is 0 Å². The van der Waals surface area contributed by atoms with Gasteiger partial charge in [0.05, 0.1) is 0 Å². The minimum absolute atomic E-state index is 0.774. The van der Waals surface area contributed by atoms with Crippen LogP contribution in [0.3, 0.4) is 0 Å². The summed E-state index contributed by atoms with van der Waals surface area (Å²) in [7, 11) is 2.36. The fourth-order valence-electron chi connectivity index (χ4n) is 5.01. The molecule has 0 aromatic carbocycles. The van der Waals surface area contributed by atoms with Crippen molar-refractivity contribution >= 4 is 0 Å². The monoisotopic (exact) mass is 293 g/mol. The van der Waals surface area contributed by atoms with E-state index in [0.29, 0.717) is 0 Å². The van der Waals surface area contributed by atoms with Crippen molar-refractivity contribution in [2.75, 3.05) is 33.2 Å². The molecule has 0 aromatic rings. The van der Waals surface area contributed by atoms with Crippen LogP contribution < -0.4 is 5.32 Å². The Balaban J connectivity index is 1.58. The molecule has 3 heteroatoms. The minimum Gasteiger partial charge on any atom is -0.314 e. The number of likely N-dealkylation sites (tertiary alicyclic amines) is 1. The van der Waals surface area contributed by atoms with Gasteiger partial charge in [-0.15, -0.1) is 0 Å². The van der Waals surface area contributed by atoms with Gasteiger partial charge < -0.3 is 10.2 Å². The van der Waals surface area contributed by atoms with E-state index in [1.165, 1.54) is 71.0 Å². The second kappa shape index (κ2) is 7.43. The average molecular weight is 293 g/mol. The Morgan fingerprint density at radius 1 is 0.952 bits per heavy atom. The summed E-state index contributed by atoms with van der Waals surface area (Å²) in [6.45, 7) is 7.40. The highest BCUT2D eigenvalue weighted by molar-refractivity contribution is 4.92. The first-order valence-electron chi connectivity index (χ1n) is 9.45. The number of fused-ring (bicyclic) bond motifs is 2. The van der Waals surface area contributed by atoms with Crippen LogP contribution >= 0.6 is 0 Å². The van der Waals surface area contributed by atoms with Gasteiger partial charge >= 0.3 is 0 Å². The molecule has 3 rings (SSSR count). The minimum atomic E-state index is 0.774. The maximum absolute atomic E-state index is 3.79. The number of nitrogens with zero attached hydrogens (tertiary/aromatic N) is 2. The number of hydrogen-bond acceptors (Lipinski definition) is 3. The third kappa shape index (κ3) is 3.80. The summed E-state index contributed by atoms with van der Waals surface area (Å²) in [5.41, 5.74) is 0. The van der Waals surface area contributed by atoms with Crippen LogP contribution in [0.2, 0.25) is 0 Å². The van der Waals surface area contributed by atoms with Crippen molar-refractivity contribution in [2.24, 2.45) is 5.92 Å². The van der Waals surface area contributed by atoms with Crippen molar-refractivity contribution in [3.8, 4) is 0 Å². The second-order valence-electron chi connectivity index (χ2n) is 7.66. The van der Waals surface area contributed by atoms with E-state index in [-0.39, 0.29) is 0 Å². The SMILES string of the molecule is CCNC1CCCCCC1CN1CCC2CCC(C1)N2C. The zero-order valence-corrected chi connectivity index (χ0v) is 14.2. The van der Waals surface area contributed by atoms with Crippen LogP contribution in [0.4, 0.5) is 0 Å². The van der Waals surface area contributed by atoms with Gasteiger partial charge in [-0.05, 0) is 58.2 Å². The van der Waals surface area contributed by atoms with Gasteiger partial charge in [-0.2, -0.15) is 0 Å². The maximum atomic E-state index is 3.79. The Labute approximate surface area is 131 Å². The summed E-state index contributed by atoms with van der Waals surface area (Å²) in [6.07, 6.45) is 11.4. The van der Waals surface area contributed by atoms with E-state index >= 15 is 0 Å². The number of hydrogen-bond donors (Lipinski definition) is 1. The fourth-order valence-corrected chi connectivity index (χ4v) is 5.01. The molecule has 1 N–H and O–H groups in total. The van der Waals surface area contributed by atoms with Crippen LogP contribution in [0.5, 0.6) is 0 Å². The summed E-state index contributed by atoms with van der Waals surface area (Å²) in [5, 5.41) is 3.79. The molecule has 2 bridgehead atoms. The van der Waals surface area contributed by atoms with E-state index in [9.17, 15) is 0 Å². The summed E-state index contributed by atoms with van der Waals surface area (Å²) in [4.78, 5) is 5.48. The van der Waals surface area contributed by atoms with Crippen molar-refractivity contribution in [2.45, 2.75) is 76.4 Å². The molecule has 2 aliphatic heterocycles. The molecule has 0 radical (unpaired) electrons. The number of nitrogens with one attached hydrogen (secondary N) is 1. The highest BCUT2D eigenvalue weighted by Gasteiger charge is 2.35. The highest BCUT2D eigenvalue weighted by Crippen LogP contribution is 2.30. The smallest absolute Gasteiger partial charge is 0.0223 e. The van der Waals surface area contributed by atoms with Crippen molar-refractivity contribution in [3.63, 3.8) is 0 Å². The molecule has 4 atom stereocenters. The van der Waals surface area contributed by atoms with Crippen LogP contribution in [0.25, 0.3) is 0 Å². The van der Waals surface area contributed by atoms with Gasteiger partial charge in [0.15, 0.2) is 0 Å². The lowest BCUT2D eigenvalue weighted by molar-refractivity contribution is 0.175. The molecule has 1 aliphatic carbocycles. The van der Waals surface area contributed by atoms with Crippen LogP contribution in [0.1, 0.15) is 58.3 Å². The highest BCUT2D eigenvalue weighted by atomic mass is 15.3. The molecular weight excluding hydrogens is 258 g/mol. The molecule has 1 saturated carbocycles. The molecule has 21 heavy (non-hydrogen) atoms. The van der Waals surface area contributed by atoms with Gasteiger partial charge in [0.2, 0.25) is 0 Å². The maximum Gasteiger partial charge on any atom is 0.0223 e. The van der Waals surface area contributed by atoms with E-state index in [1.54, 1.807) is 0 Å². The molecular formula is C18H35N3. The average Bonchev–Trinajstić information content (AvgIpc) is 2.63. The topological polar surface area (TPSA) is 18.5 Å². The normalized spacial score (nSPS) is 39.1. The lowest BCUT2D eigenvalue weighted by Gasteiger charge is -2.33. The van der Waals surface area contributed by atoms with E-state index < -0.39 is 0 Å². The number of rotatable bonds is 4. The predicted octanol–water partition coefficient (Wildman–Crippen LogP) is 2.71. The fraction of sp³-hybridized carbons (Fsp3) is 1.00. The van der Waals surface area contributed by atoms with Crippen molar-refractivity contribution in [1.82, 2.24) is 15.1 Å². The van der Waals surface area contributed by atoms with Crippen molar-refractivity contribution in [3.05, 3.63) is 0 Å². The Bertz CT molecular complexity index is 320. The lowest BCUT2D eigenvalue weighted by Crippen LogP contribution is -2.44. The first-order valence-corrected chi connectivity index (χ1v) is 9.45. The lowest BCUT2D eigenvalue weighted by atomic mass is 9.93. The molecule has 0 amide bonds. The summed E-state index contributed by atoms with van der Waals surface area (Å²) < 4.78 is 0. The molecule has 2 saturated heterocycles. The first kappa shape index (κ1) is 15.8. The zero-order valence-electron chi connectivity index (χ0n) is 14.2. The van der Waals surface area contributed by atoms with Crippen LogP contribution in [-0.4, -0.2) is 61.2 Å². The zero-order chi connectivity index (χ0) is 14.7. The molecule has 3 aliphatic rings. The largest absolute Gasteiger partial charge is 0.314 e. The quantitative estimate of drug-likeness (QED) is 0.804. The Hall–Kier alpha value is -0.120. The van der Waals surface area contributed by atoms with Gasteiger partial charge in [-0.1, -0.05) is 26.2 Å². The molecule has 3 fully saturated rings. The molecule has 0 spiro atoms. The number of likely N-dealkylation sites (N-methyl/N-ethyl adjacent to an activating group) is 1. The van der Waals surface area contributed by atoms with E-state index in [2.05, 4.69) is 29.1 Å². The van der Waals surface area contributed by atoms with Crippen molar-refractivity contribution < 1.29 is 0 Å². The third-order valence-electron chi connectivity index (χ3n) is 6.35. The first-order chi connectivity index (χ1) is 10.3. The third-order valence-corrected chi connectivity index (χ3v) is 6.35. The van der Waals surface area contributed by atoms with Gasteiger partial charge in [-0.3, -0.25) is 4.90 Å². The summed E-state index contributed by atoms with van der Waals surface area (Å²) >= 11 is 0. The van der Waals surface area contributed by atoms with Crippen LogP contribution in [0.15, 0.2) is 0 Å². The van der Waals surface area contributed by atoms with Gasteiger partial charge in [-0.25, -0.2) is 0 Å². The van der Waals surface area contributed by atoms with Crippen molar-refractivity contribution in [1.29, 1.82) is 0 Å². The van der Waals surface area contributed by atoms with Gasteiger partial charge in [0.1, 0.15) is 0 Å². The molecule has 0 aromatic heterocycles. The Morgan fingerprint density at radius 3 is 2.62 bits per heavy atom. The van der Waals surface area contributed by atoms with Crippen LogP contribution in [0, 0.1) is 5.92 Å². The molecule has 4 unspecified atom stereocenters. The molecule has 2 heterocycles. The predicted molar refractivity (Wildman–Crippen MR) is 89.7 cm³/mol. The standard InChI is InChI=1S/C18H35N3/c1-3-19-18-8-6-4-5-7-15(18)13-21-12-11-16-9-10-17(14-21)20(16)2/h15-19H,3-14H2,1-2H3. The second-order valence-corrected chi connectivity index (χ2v) is 7.66.